The summed E-state index contributed by atoms with van der Waals surface area (Å²) in [4.78, 5) is 25.5. The quantitative estimate of drug-likeness (QED) is 0.845. The fraction of sp³-hybridized carbons (Fsp3) is 0.412. The van der Waals surface area contributed by atoms with Gasteiger partial charge in [-0.25, -0.2) is 0 Å². The molecule has 0 aliphatic carbocycles. The third-order valence-electron chi connectivity index (χ3n) is 3.63. The molecule has 0 aliphatic rings. The normalized spacial score (nSPS) is 10.9. The van der Waals surface area contributed by atoms with Crippen molar-refractivity contribution in [2.24, 2.45) is 0 Å². The van der Waals surface area contributed by atoms with Gasteiger partial charge in [0.15, 0.2) is 0 Å². The van der Waals surface area contributed by atoms with Crippen molar-refractivity contribution in [3.8, 4) is 0 Å². The second kappa shape index (κ2) is 7.22. The van der Waals surface area contributed by atoms with Crippen molar-refractivity contribution in [2.75, 3.05) is 26.7 Å². The smallest absolute Gasteiger partial charge is 0.242 e. The highest BCUT2D eigenvalue weighted by Gasteiger charge is 2.16. The van der Waals surface area contributed by atoms with Gasteiger partial charge in [0.25, 0.3) is 0 Å². The molecule has 5 heteroatoms. The molecule has 22 heavy (non-hydrogen) atoms. The Kier molecular flexibility index (Phi) is 5.33. The molecule has 118 valence electrons. The van der Waals surface area contributed by atoms with Crippen molar-refractivity contribution in [3.63, 3.8) is 0 Å². The minimum Gasteiger partial charge on any atom is -0.338 e. The molecule has 0 unspecified atom stereocenters. The number of rotatable bonds is 7. The Hall–Kier alpha value is -2.14. The van der Waals surface area contributed by atoms with Gasteiger partial charge in [-0.2, -0.15) is 0 Å². The predicted octanol–water partition coefficient (Wildman–Crippen LogP) is 1.59. The Morgan fingerprint density at radius 3 is 2.73 bits per heavy atom. The zero-order valence-corrected chi connectivity index (χ0v) is 13.4. The lowest BCUT2D eigenvalue weighted by atomic mass is 10.2. The number of nitrogens with zero attached hydrogens (tertiary/aromatic N) is 2. The fourth-order valence-electron chi connectivity index (χ4n) is 2.51. The van der Waals surface area contributed by atoms with Crippen molar-refractivity contribution < 1.29 is 9.59 Å². The van der Waals surface area contributed by atoms with E-state index in [1.165, 1.54) is 12.5 Å². The number of ketones is 1. The zero-order chi connectivity index (χ0) is 16.1. The van der Waals surface area contributed by atoms with E-state index in [9.17, 15) is 9.59 Å². The van der Waals surface area contributed by atoms with Crippen molar-refractivity contribution in [1.29, 1.82) is 0 Å². The number of nitrogens with one attached hydrogen (secondary N) is 1. The highest BCUT2D eigenvalue weighted by molar-refractivity contribution is 5.86. The molecule has 0 spiro atoms. The molecule has 0 fully saturated rings. The van der Waals surface area contributed by atoms with Crippen LogP contribution in [0.15, 0.2) is 30.5 Å². The summed E-state index contributed by atoms with van der Waals surface area (Å²) in [5.74, 6) is -0.0408. The largest absolute Gasteiger partial charge is 0.338 e. The average Bonchev–Trinajstić information content (AvgIpc) is 2.85. The van der Waals surface area contributed by atoms with Crippen LogP contribution < -0.4 is 5.32 Å². The monoisotopic (exact) mass is 301 g/mol. The van der Waals surface area contributed by atoms with Gasteiger partial charge in [0.1, 0.15) is 12.3 Å². The van der Waals surface area contributed by atoms with Crippen molar-refractivity contribution in [2.45, 2.75) is 20.4 Å². The molecule has 0 radical (unpaired) electrons. The number of hydrogen-bond acceptors (Lipinski definition) is 3. The summed E-state index contributed by atoms with van der Waals surface area (Å²) in [6.45, 7) is 5.18. The lowest BCUT2D eigenvalue weighted by Crippen LogP contribution is -2.40. The van der Waals surface area contributed by atoms with Crippen LogP contribution in [0.1, 0.15) is 12.5 Å². The van der Waals surface area contributed by atoms with Crippen LogP contribution in [0.25, 0.3) is 10.9 Å². The van der Waals surface area contributed by atoms with E-state index in [0.29, 0.717) is 13.1 Å². The van der Waals surface area contributed by atoms with E-state index in [1.807, 2.05) is 42.9 Å². The van der Waals surface area contributed by atoms with Crippen molar-refractivity contribution >= 4 is 22.6 Å². The molecule has 1 aromatic heterocycles. The van der Waals surface area contributed by atoms with Crippen LogP contribution >= 0.6 is 0 Å². The Morgan fingerprint density at radius 2 is 2.05 bits per heavy atom. The van der Waals surface area contributed by atoms with Crippen molar-refractivity contribution in [1.82, 2.24) is 14.8 Å². The highest BCUT2D eigenvalue weighted by Crippen LogP contribution is 2.17. The van der Waals surface area contributed by atoms with E-state index >= 15 is 0 Å². The summed E-state index contributed by atoms with van der Waals surface area (Å²) in [5.41, 5.74) is 2.24. The summed E-state index contributed by atoms with van der Waals surface area (Å²) in [6.07, 6.45) is 1.92. The van der Waals surface area contributed by atoms with E-state index in [-0.39, 0.29) is 24.8 Å². The first-order chi connectivity index (χ1) is 10.5. The van der Waals surface area contributed by atoms with Crippen LogP contribution in [0.5, 0.6) is 0 Å². The molecule has 1 heterocycles. The SMILES string of the molecule is CNCCN(CC(C)=O)C(=O)Cn1ccc2cc(C)ccc21. The van der Waals surface area contributed by atoms with Gasteiger partial charge in [0.2, 0.25) is 5.91 Å². The summed E-state index contributed by atoms with van der Waals surface area (Å²) < 4.78 is 1.93. The number of carbonyl (C=O) groups is 2. The van der Waals surface area contributed by atoms with Gasteiger partial charge in [-0.15, -0.1) is 0 Å². The van der Waals surface area contributed by atoms with Gasteiger partial charge in [0.05, 0.1) is 6.54 Å². The van der Waals surface area contributed by atoms with E-state index in [4.69, 9.17) is 0 Å². The molecular weight excluding hydrogens is 278 g/mol. The standard InChI is InChI=1S/C17H23N3O2/c1-13-4-5-16-15(10-13)6-8-19(16)12-17(22)20(9-7-18-3)11-14(2)21/h4-6,8,10,18H,7,9,11-12H2,1-3H3. The summed E-state index contributed by atoms with van der Waals surface area (Å²) in [6, 6.07) is 8.18. The predicted molar refractivity (Wildman–Crippen MR) is 87.9 cm³/mol. The van der Waals surface area contributed by atoms with E-state index in [1.54, 1.807) is 4.90 Å². The van der Waals surface area contributed by atoms with E-state index in [0.717, 1.165) is 10.9 Å². The summed E-state index contributed by atoms with van der Waals surface area (Å²) in [5, 5.41) is 4.14. The molecule has 0 aliphatic heterocycles. The maximum atomic E-state index is 12.5. The maximum Gasteiger partial charge on any atom is 0.242 e. The first-order valence-corrected chi connectivity index (χ1v) is 7.48. The maximum absolute atomic E-state index is 12.5. The molecular formula is C17H23N3O2. The number of carbonyl (C=O) groups excluding carboxylic acids is 2. The Morgan fingerprint density at radius 1 is 1.27 bits per heavy atom. The molecule has 2 rings (SSSR count). The minimum atomic E-state index is -0.0384. The topological polar surface area (TPSA) is 54.3 Å². The van der Waals surface area contributed by atoms with Crippen LogP contribution in [0, 0.1) is 6.92 Å². The zero-order valence-electron chi connectivity index (χ0n) is 13.4. The average molecular weight is 301 g/mol. The Balaban J connectivity index is 2.14. The van der Waals surface area contributed by atoms with E-state index < -0.39 is 0 Å². The van der Waals surface area contributed by atoms with Crippen LogP contribution in [0.2, 0.25) is 0 Å². The third-order valence-corrected chi connectivity index (χ3v) is 3.63. The van der Waals surface area contributed by atoms with Gasteiger partial charge in [-0.3, -0.25) is 9.59 Å². The van der Waals surface area contributed by atoms with Gasteiger partial charge in [-0.1, -0.05) is 11.6 Å². The molecule has 0 saturated carbocycles. The van der Waals surface area contributed by atoms with Crippen LogP contribution in [-0.2, 0) is 16.1 Å². The number of Topliss-reactive ketones (excluding diaryl/α,β-unsaturated/α-hetero) is 1. The number of aryl methyl sites for hydroxylation is 1. The molecule has 0 saturated heterocycles. The molecule has 1 N–H and O–H groups in total. The number of fused-ring (bicyclic) bond motifs is 1. The minimum absolute atomic E-state index is 0.00237. The van der Waals surface area contributed by atoms with Gasteiger partial charge >= 0.3 is 0 Å². The highest BCUT2D eigenvalue weighted by atomic mass is 16.2. The van der Waals surface area contributed by atoms with Crippen LogP contribution in [-0.4, -0.2) is 47.8 Å². The first kappa shape index (κ1) is 16.2. The van der Waals surface area contributed by atoms with Crippen molar-refractivity contribution in [3.05, 3.63) is 36.0 Å². The summed E-state index contributed by atoms with van der Waals surface area (Å²) >= 11 is 0. The second-order valence-corrected chi connectivity index (χ2v) is 5.63. The van der Waals surface area contributed by atoms with Gasteiger partial charge < -0.3 is 14.8 Å². The molecule has 0 atom stereocenters. The van der Waals surface area contributed by atoms with Crippen LogP contribution in [0.3, 0.4) is 0 Å². The van der Waals surface area contributed by atoms with E-state index in [2.05, 4.69) is 11.4 Å². The molecule has 1 aromatic carbocycles. The molecule has 0 bridgehead atoms. The molecule has 5 nitrogen and oxygen atoms in total. The fourth-order valence-corrected chi connectivity index (χ4v) is 2.51. The molecule has 1 amide bonds. The second-order valence-electron chi connectivity index (χ2n) is 5.63. The van der Waals surface area contributed by atoms with Gasteiger partial charge in [0, 0.05) is 24.8 Å². The lowest BCUT2D eigenvalue weighted by molar-refractivity contribution is -0.135. The number of amides is 1. The number of aromatic nitrogens is 1. The number of hydrogen-bond donors (Lipinski definition) is 1. The summed E-state index contributed by atoms with van der Waals surface area (Å²) in [7, 11) is 1.83. The lowest BCUT2D eigenvalue weighted by Gasteiger charge is -2.21. The van der Waals surface area contributed by atoms with Crippen LogP contribution in [0.4, 0.5) is 0 Å². The first-order valence-electron chi connectivity index (χ1n) is 7.48. The Bertz CT molecular complexity index is 676. The number of benzene rings is 1. The molecule has 2 aromatic rings. The Labute approximate surface area is 130 Å². The third kappa shape index (κ3) is 3.95. The number of likely N-dealkylation sites (N-methyl/N-ethyl adjacent to an activating group) is 1. The van der Waals surface area contributed by atoms with Gasteiger partial charge in [-0.05, 0) is 44.5 Å².